The molecule has 176 valence electrons. The summed E-state index contributed by atoms with van der Waals surface area (Å²) >= 11 is 1.08. The van der Waals surface area contributed by atoms with E-state index in [0.717, 1.165) is 35.6 Å². The number of nitrogens with zero attached hydrogens (tertiary/aromatic N) is 4. The fourth-order valence-corrected chi connectivity index (χ4v) is 4.94. The zero-order valence-corrected chi connectivity index (χ0v) is 19.7. The summed E-state index contributed by atoms with van der Waals surface area (Å²) in [5.41, 5.74) is 14.1. The number of ether oxygens (including phenoxy) is 1. The van der Waals surface area contributed by atoms with Gasteiger partial charge in [-0.15, -0.1) is 0 Å². The van der Waals surface area contributed by atoms with Crippen molar-refractivity contribution in [1.82, 2.24) is 14.8 Å². The molecule has 4 rings (SSSR count). The third kappa shape index (κ3) is 4.70. The summed E-state index contributed by atoms with van der Waals surface area (Å²) in [7, 11) is 3.49. The van der Waals surface area contributed by atoms with Crippen LogP contribution in [0.1, 0.15) is 28.9 Å². The first-order chi connectivity index (χ1) is 15.8. The summed E-state index contributed by atoms with van der Waals surface area (Å²) in [5.74, 6) is -0.116. The fraction of sp³-hybridized carbons (Fsp3) is 0.409. The van der Waals surface area contributed by atoms with Crippen LogP contribution >= 0.6 is 11.3 Å². The summed E-state index contributed by atoms with van der Waals surface area (Å²) in [6.07, 6.45) is 3.09. The molecule has 2 atom stereocenters. The van der Waals surface area contributed by atoms with Gasteiger partial charge in [-0.25, -0.2) is 9.37 Å². The van der Waals surface area contributed by atoms with E-state index >= 15 is 0 Å². The molecular weight excluding hydrogens is 445 g/mol. The number of amides is 1. The minimum absolute atomic E-state index is 0.0171. The summed E-state index contributed by atoms with van der Waals surface area (Å²) < 4.78 is 21.5. The molecule has 1 amide bonds. The maximum atomic E-state index is 14.3. The number of thiazole rings is 1. The molecule has 9 nitrogen and oxygen atoms in total. The van der Waals surface area contributed by atoms with Crippen LogP contribution in [0.4, 0.5) is 20.9 Å². The van der Waals surface area contributed by atoms with Crippen LogP contribution in [0.25, 0.3) is 10.6 Å². The SMILES string of the molecule is COC1CCN(c2c(NC(=O)c3nc(-c4cc(C)ccc4F)sc3N)cnn2C)CCC1N. The van der Waals surface area contributed by atoms with Gasteiger partial charge >= 0.3 is 0 Å². The standard InChI is InChI=1S/C22H28FN7O2S/c1-12-4-5-14(23)13(10-12)21-28-18(19(25)33-21)20(31)27-16-11-26-29(2)22(16)30-8-6-15(24)17(32-3)7-9-30/h4-5,10-11,15,17H,6-9,24-25H2,1-3H3,(H,27,31). The number of aryl methyl sites for hydroxylation is 2. The van der Waals surface area contributed by atoms with Crippen molar-refractivity contribution in [2.45, 2.75) is 31.9 Å². The van der Waals surface area contributed by atoms with Crippen LogP contribution in [0, 0.1) is 12.7 Å². The van der Waals surface area contributed by atoms with Crippen molar-refractivity contribution in [2.75, 3.05) is 36.1 Å². The second kappa shape index (κ2) is 9.46. The van der Waals surface area contributed by atoms with Crippen molar-refractivity contribution in [3.63, 3.8) is 0 Å². The van der Waals surface area contributed by atoms with E-state index in [-0.39, 0.29) is 22.8 Å². The predicted molar refractivity (Wildman–Crippen MR) is 128 cm³/mol. The van der Waals surface area contributed by atoms with Crippen LogP contribution in [0.3, 0.4) is 0 Å². The van der Waals surface area contributed by atoms with Gasteiger partial charge in [0.15, 0.2) is 11.5 Å². The number of carbonyl (C=O) groups is 1. The van der Waals surface area contributed by atoms with E-state index < -0.39 is 11.7 Å². The number of nitrogen functional groups attached to an aromatic ring is 1. The van der Waals surface area contributed by atoms with E-state index in [2.05, 4.69) is 20.3 Å². The molecule has 1 saturated heterocycles. The van der Waals surface area contributed by atoms with Gasteiger partial charge in [0.25, 0.3) is 5.91 Å². The molecule has 0 radical (unpaired) electrons. The lowest BCUT2D eigenvalue weighted by Crippen LogP contribution is -2.35. The minimum Gasteiger partial charge on any atom is -0.389 e. The molecule has 0 aliphatic carbocycles. The Hall–Kier alpha value is -3.02. The predicted octanol–water partition coefficient (Wildman–Crippen LogP) is 2.77. The Morgan fingerprint density at radius 3 is 2.85 bits per heavy atom. The molecule has 33 heavy (non-hydrogen) atoms. The highest BCUT2D eigenvalue weighted by Crippen LogP contribution is 2.34. The second-order valence-corrected chi connectivity index (χ2v) is 9.21. The van der Waals surface area contributed by atoms with Crippen LogP contribution in [0.2, 0.25) is 0 Å². The van der Waals surface area contributed by atoms with Gasteiger partial charge in [-0.2, -0.15) is 5.10 Å². The molecule has 1 aliphatic heterocycles. The maximum absolute atomic E-state index is 14.3. The van der Waals surface area contributed by atoms with E-state index in [1.165, 1.54) is 6.07 Å². The average molecular weight is 474 g/mol. The summed E-state index contributed by atoms with van der Waals surface area (Å²) in [6, 6.07) is 4.69. The van der Waals surface area contributed by atoms with E-state index in [0.29, 0.717) is 29.3 Å². The highest BCUT2D eigenvalue weighted by atomic mass is 32.1. The van der Waals surface area contributed by atoms with Gasteiger partial charge in [0.05, 0.1) is 12.3 Å². The van der Waals surface area contributed by atoms with Gasteiger partial charge in [-0.3, -0.25) is 9.48 Å². The Morgan fingerprint density at radius 2 is 2.09 bits per heavy atom. The van der Waals surface area contributed by atoms with Crippen LogP contribution in [0.5, 0.6) is 0 Å². The van der Waals surface area contributed by atoms with E-state index in [1.54, 1.807) is 30.1 Å². The molecular formula is C22H28FN7O2S. The number of benzene rings is 1. The van der Waals surface area contributed by atoms with Crippen molar-refractivity contribution >= 4 is 33.8 Å². The lowest BCUT2D eigenvalue weighted by molar-refractivity contribution is 0.0781. The molecule has 3 heterocycles. The first kappa shape index (κ1) is 23.1. The Kier molecular flexibility index (Phi) is 6.63. The maximum Gasteiger partial charge on any atom is 0.277 e. The molecule has 1 fully saturated rings. The third-order valence-corrected chi connectivity index (χ3v) is 6.79. The second-order valence-electron chi connectivity index (χ2n) is 8.18. The number of methoxy groups -OCH3 is 1. The number of nitrogens with two attached hydrogens (primary N) is 2. The van der Waals surface area contributed by atoms with Crippen LogP contribution in [-0.4, -0.2) is 53.0 Å². The lowest BCUT2D eigenvalue weighted by atomic mass is 10.1. The van der Waals surface area contributed by atoms with Crippen LogP contribution in [-0.2, 0) is 11.8 Å². The number of hydrogen-bond acceptors (Lipinski definition) is 8. The summed E-state index contributed by atoms with van der Waals surface area (Å²) in [4.78, 5) is 19.5. The van der Waals surface area contributed by atoms with Crippen molar-refractivity contribution < 1.29 is 13.9 Å². The molecule has 0 saturated carbocycles. The normalized spacial score (nSPS) is 18.9. The van der Waals surface area contributed by atoms with E-state index in [4.69, 9.17) is 16.2 Å². The first-order valence-electron chi connectivity index (χ1n) is 10.7. The number of carbonyl (C=O) groups excluding carboxylic acids is 1. The zero-order valence-electron chi connectivity index (χ0n) is 18.8. The molecule has 5 N–H and O–H groups in total. The van der Waals surface area contributed by atoms with Gasteiger partial charge in [-0.05, 0) is 31.9 Å². The van der Waals surface area contributed by atoms with Gasteiger partial charge < -0.3 is 26.4 Å². The Balaban J connectivity index is 1.57. The molecule has 2 unspecified atom stereocenters. The number of halogens is 1. The largest absolute Gasteiger partial charge is 0.389 e. The molecule has 0 spiro atoms. The Morgan fingerprint density at radius 1 is 1.33 bits per heavy atom. The molecule has 11 heteroatoms. The smallest absolute Gasteiger partial charge is 0.277 e. The number of hydrogen-bond donors (Lipinski definition) is 3. The van der Waals surface area contributed by atoms with Crippen LogP contribution < -0.4 is 21.7 Å². The van der Waals surface area contributed by atoms with Crippen molar-refractivity contribution in [3.8, 4) is 10.6 Å². The first-order valence-corrected chi connectivity index (χ1v) is 11.5. The van der Waals surface area contributed by atoms with Crippen molar-refractivity contribution in [1.29, 1.82) is 0 Å². The fourth-order valence-electron chi connectivity index (χ4n) is 4.09. The number of aromatic nitrogens is 3. The van der Waals surface area contributed by atoms with Gasteiger partial charge in [0.1, 0.15) is 21.5 Å². The monoisotopic (exact) mass is 473 g/mol. The zero-order chi connectivity index (χ0) is 23.7. The van der Waals surface area contributed by atoms with Gasteiger partial charge in [-0.1, -0.05) is 23.0 Å². The molecule has 2 aromatic heterocycles. The van der Waals surface area contributed by atoms with Crippen molar-refractivity contribution in [3.05, 3.63) is 41.5 Å². The van der Waals surface area contributed by atoms with E-state index in [1.807, 2.05) is 14.0 Å². The number of anilines is 3. The highest BCUT2D eigenvalue weighted by molar-refractivity contribution is 7.19. The van der Waals surface area contributed by atoms with Crippen LogP contribution in [0.15, 0.2) is 24.4 Å². The molecule has 1 aromatic carbocycles. The lowest BCUT2D eigenvalue weighted by Gasteiger charge is -2.24. The quantitative estimate of drug-likeness (QED) is 0.520. The highest BCUT2D eigenvalue weighted by Gasteiger charge is 2.27. The minimum atomic E-state index is -0.474. The summed E-state index contributed by atoms with van der Waals surface area (Å²) in [6.45, 7) is 3.28. The van der Waals surface area contributed by atoms with E-state index in [9.17, 15) is 9.18 Å². The summed E-state index contributed by atoms with van der Waals surface area (Å²) in [5, 5.41) is 7.78. The molecule has 1 aliphatic rings. The van der Waals surface area contributed by atoms with Gasteiger partial charge in [0, 0.05) is 38.9 Å². The Bertz CT molecular complexity index is 1160. The Labute approximate surface area is 195 Å². The number of rotatable bonds is 5. The molecule has 3 aromatic rings. The van der Waals surface area contributed by atoms with Crippen molar-refractivity contribution in [2.24, 2.45) is 12.8 Å². The molecule has 0 bridgehead atoms. The topological polar surface area (TPSA) is 124 Å². The average Bonchev–Trinajstić information content (AvgIpc) is 3.28. The number of nitrogens with one attached hydrogen (secondary N) is 1. The van der Waals surface area contributed by atoms with Gasteiger partial charge in [0.2, 0.25) is 0 Å². The third-order valence-electron chi connectivity index (χ3n) is 5.87.